The molecule has 0 saturated carbocycles. The zero-order chi connectivity index (χ0) is 14.8. The number of hydrogen-bond acceptors (Lipinski definition) is 4. The van der Waals surface area contributed by atoms with Gasteiger partial charge in [-0.25, -0.2) is 14.5 Å². The van der Waals surface area contributed by atoms with E-state index >= 15 is 0 Å². The summed E-state index contributed by atoms with van der Waals surface area (Å²) in [6.45, 7) is 1.68. The van der Waals surface area contributed by atoms with Crippen LogP contribution in [0.15, 0.2) is 47.4 Å². The molecule has 0 bridgehead atoms. The van der Waals surface area contributed by atoms with E-state index in [4.69, 9.17) is 0 Å². The van der Waals surface area contributed by atoms with Crippen molar-refractivity contribution >= 4 is 17.4 Å². The molecule has 1 N–H and O–H groups in total. The second-order valence-corrected chi connectivity index (χ2v) is 4.58. The van der Waals surface area contributed by atoms with Crippen molar-refractivity contribution in [2.45, 2.75) is 13.5 Å². The lowest BCUT2D eigenvalue weighted by Gasteiger charge is -2.04. The summed E-state index contributed by atoms with van der Waals surface area (Å²) in [6, 6.07) is 10.5. The van der Waals surface area contributed by atoms with Crippen LogP contribution >= 0.6 is 0 Å². The van der Waals surface area contributed by atoms with Gasteiger partial charge in [0.15, 0.2) is 5.65 Å². The molecule has 3 heterocycles. The van der Waals surface area contributed by atoms with Crippen molar-refractivity contribution in [1.82, 2.24) is 19.2 Å². The highest BCUT2D eigenvalue weighted by Gasteiger charge is 2.10. The van der Waals surface area contributed by atoms with Crippen LogP contribution < -0.4 is 11.0 Å². The first-order valence-electron chi connectivity index (χ1n) is 6.41. The second kappa shape index (κ2) is 5.20. The van der Waals surface area contributed by atoms with Gasteiger partial charge >= 0.3 is 5.69 Å². The summed E-state index contributed by atoms with van der Waals surface area (Å²) < 4.78 is 2.51. The van der Waals surface area contributed by atoms with Crippen molar-refractivity contribution in [3.05, 3.63) is 58.8 Å². The molecule has 0 aliphatic carbocycles. The normalized spacial score (nSPS) is 10.7. The zero-order valence-electron chi connectivity index (χ0n) is 11.4. The Hall–Kier alpha value is -2.96. The van der Waals surface area contributed by atoms with Gasteiger partial charge in [0, 0.05) is 11.9 Å². The molecule has 0 aliphatic rings. The predicted octanol–water partition coefficient (Wildman–Crippen LogP) is 0.838. The number of aryl methyl sites for hydroxylation is 1. The van der Waals surface area contributed by atoms with E-state index in [2.05, 4.69) is 15.4 Å². The Balaban J connectivity index is 1.80. The Labute approximate surface area is 119 Å². The minimum absolute atomic E-state index is 0.157. The van der Waals surface area contributed by atoms with Crippen LogP contribution in [0.25, 0.3) is 5.65 Å². The van der Waals surface area contributed by atoms with Crippen molar-refractivity contribution in [3.63, 3.8) is 0 Å². The average Bonchev–Trinajstić information content (AvgIpc) is 2.76. The lowest BCUT2D eigenvalue weighted by Crippen LogP contribution is -2.28. The van der Waals surface area contributed by atoms with Crippen LogP contribution in [-0.2, 0) is 11.3 Å². The van der Waals surface area contributed by atoms with E-state index in [-0.39, 0.29) is 18.1 Å². The SMILES string of the molecule is Cc1cccc(NC(=O)Cn2nc3ccccn3c2=O)n1. The van der Waals surface area contributed by atoms with Gasteiger partial charge in [0.1, 0.15) is 12.4 Å². The number of aromatic nitrogens is 4. The summed E-state index contributed by atoms with van der Waals surface area (Å²) in [5.74, 6) is 0.107. The van der Waals surface area contributed by atoms with Gasteiger partial charge in [0.05, 0.1) is 0 Å². The highest BCUT2D eigenvalue weighted by Crippen LogP contribution is 2.03. The number of carbonyl (C=O) groups excluding carboxylic acids is 1. The molecule has 0 saturated heterocycles. The highest BCUT2D eigenvalue weighted by atomic mass is 16.2. The Morgan fingerprint density at radius 1 is 1.24 bits per heavy atom. The van der Waals surface area contributed by atoms with Crippen LogP contribution in [0.1, 0.15) is 5.69 Å². The van der Waals surface area contributed by atoms with Gasteiger partial charge < -0.3 is 5.32 Å². The molecular weight excluding hydrogens is 270 g/mol. The van der Waals surface area contributed by atoms with Gasteiger partial charge in [-0.3, -0.25) is 9.20 Å². The van der Waals surface area contributed by atoms with Crippen molar-refractivity contribution in [2.24, 2.45) is 0 Å². The summed E-state index contributed by atoms with van der Waals surface area (Å²) in [5.41, 5.74) is 0.958. The van der Waals surface area contributed by atoms with E-state index in [9.17, 15) is 9.59 Å². The van der Waals surface area contributed by atoms with Crippen LogP contribution in [0, 0.1) is 6.92 Å². The van der Waals surface area contributed by atoms with Gasteiger partial charge in [-0.05, 0) is 31.2 Å². The third-order valence-electron chi connectivity index (χ3n) is 2.94. The third kappa shape index (κ3) is 2.66. The molecule has 0 atom stereocenters. The molecule has 3 aromatic rings. The molecule has 7 heteroatoms. The Morgan fingerprint density at radius 2 is 2.10 bits per heavy atom. The van der Waals surface area contributed by atoms with Crippen LogP contribution in [0.3, 0.4) is 0 Å². The zero-order valence-corrected chi connectivity index (χ0v) is 11.4. The summed E-state index contributed by atoms with van der Waals surface area (Å²) in [7, 11) is 0. The van der Waals surface area contributed by atoms with Crippen LogP contribution in [0.2, 0.25) is 0 Å². The highest BCUT2D eigenvalue weighted by molar-refractivity contribution is 5.89. The smallest absolute Gasteiger partial charge is 0.309 e. The molecule has 0 spiro atoms. The fraction of sp³-hybridized carbons (Fsp3) is 0.143. The fourth-order valence-electron chi connectivity index (χ4n) is 2.00. The number of carbonyl (C=O) groups is 1. The molecule has 106 valence electrons. The standard InChI is InChI=1S/C14H13N5O2/c1-10-5-4-6-11(15-10)16-13(20)9-19-14(21)18-8-3-2-7-12(18)17-19/h2-8H,9H2,1H3,(H,15,16,20). The van der Waals surface area contributed by atoms with Crippen LogP contribution in [-0.4, -0.2) is 25.1 Å². The minimum Gasteiger partial charge on any atom is -0.309 e. The van der Waals surface area contributed by atoms with E-state index in [0.29, 0.717) is 11.5 Å². The maximum atomic E-state index is 12.0. The van der Waals surface area contributed by atoms with E-state index in [0.717, 1.165) is 10.4 Å². The molecule has 21 heavy (non-hydrogen) atoms. The molecule has 0 aromatic carbocycles. The first kappa shape index (κ1) is 13.0. The number of amides is 1. The van der Waals surface area contributed by atoms with Gasteiger partial charge in [0.25, 0.3) is 0 Å². The Kier molecular flexibility index (Phi) is 3.23. The maximum Gasteiger partial charge on any atom is 0.350 e. The quantitative estimate of drug-likeness (QED) is 0.772. The molecule has 3 aromatic heterocycles. The molecule has 0 aliphatic heterocycles. The number of anilines is 1. The predicted molar refractivity (Wildman–Crippen MR) is 77.1 cm³/mol. The van der Waals surface area contributed by atoms with Crippen LogP contribution in [0.5, 0.6) is 0 Å². The molecule has 0 unspecified atom stereocenters. The molecule has 0 fully saturated rings. The molecule has 0 radical (unpaired) electrons. The summed E-state index contributed by atoms with van der Waals surface area (Å²) >= 11 is 0. The number of nitrogens with zero attached hydrogens (tertiary/aromatic N) is 4. The Morgan fingerprint density at radius 3 is 2.86 bits per heavy atom. The van der Waals surface area contributed by atoms with Gasteiger partial charge in [-0.15, -0.1) is 5.10 Å². The lowest BCUT2D eigenvalue weighted by atomic mass is 10.4. The summed E-state index contributed by atoms with van der Waals surface area (Å²) in [5, 5.41) is 6.74. The fourth-order valence-corrected chi connectivity index (χ4v) is 2.00. The molecule has 1 amide bonds. The summed E-state index contributed by atoms with van der Waals surface area (Å²) in [6.07, 6.45) is 1.61. The molecular formula is C14H13N5O2. The van der Waals surface area contributed by atoms with Crippen molar-refractivity contribution < 1.29 is 4.79 Å². The largest absolute Gasteiger partial charge is 0.350 e. The van der Waals surface area contributed by atoms with E-state index in [1.54, 1.807) is 36.5 Å². The number of hydrogen-bond donors (Lipinski definition) is 1. The average molecular weight is 283 g/mol. The summed E-state index contributed by atoms with van der Waals surface area (Å²) in [4.78, 5) is 28.2. The number of fused-ring (bicyclic) bond motifs is 1. The molecule has 3 rings (SSSR count). The lowest BCUT2D eigenvalue weighted by molar-refractivity contribution is -0.117. The van der Waals surface area contributed by atoms with Crippen LogP contribution in [0.4, 0.5) is 5.82 Å². The maximum absolute atomic E-state index is 12.0. The van der Waals surface area contributed by atoms with Gasteiger partial charge in [0.2, 0.25) is 5.91 Å². The van der Waals surface area contributed by atoms with Gasteiger partial charge in [-0.2, -0.15) is 0 Å². The minimum atomic E-state index is -0.349. The van der Waals surface area contributed by atoms with Crippen molar-refractivity contribution in [2.75, 3.05) is 5.32 Å². The van der Waals surface area contributed by atoms with Crippen molar-refractivity contribution in [1.29, 1.82) is 0 Å². The van der Waals surface area contributed by atoms with E-state index in [1.807, 2.05) is 13.0 Å². The Bertz CT molecular complexity index is 865. The second-order valence-electron chi connectivity index (χ2n) is 4.58. The van der Waals surface area contributed by atoms with Gasteiger partial charge in [-0.1, -0.05) is 12.1 Å². The third-order valence-corrected chi connectivity index (χ3v) is 2.94. The molecule has 7 nitrogen and oxygen atoms in total. The number of nitrogens with one attached hydrogen (secondary N) is 1. The monoisotopic (exact) mass is 283 g/mol. The first-order valence-corrected chi connectivity index (χ1v) is 6.41. The van der Waals surface area contributed by atoms with Crippen molar-refractivity contribution in [3.8, 4) is 0 Å². The van der Waals surface area contributed by atoms with E-state index in [1.165, 1.54) is 4.40 Å². The first-order chi connectivity index (χ1) is 10.1. The van der Waals surface area contributed by atoms with E-state index < -0.39 is 0 Å². The topological polar surface area (TPSA) is 81.3 Å². The number of pyridine rings is 2. The number of rotatable bonds is 3.